The maximum Gasteiger partial charge on any atom is 0.410 e. The van der Waals surface area contributed by atoms with Gasteiger partial charge >= 0.3 is 6.09 Å². The van der Waals surface area contributed by atoms with Crippen LogP contribution >= 0.6 is 11.6 Å². The van der Waals surface area contributed by atoms with Crippen LogP contribution in [0.2, 0.25) is 5.02 Å². The number of carbonyl (C=O) groups excluding carboxylic acids is 1. The number of nitrogens with zero attached hydrogens (tertiary/aromatic N) is 5. The highest BCUT2D eigenvalue weighted by atomic mass is 35.5. The summed E-state index contributed by atoms with van der Waals surface area (Å²) in [7, 11) is 1.95. The predicted octanol–water partition coefficient (Wildman–Crippen LogP) is 4.84. The van der Waals surface area contributed by atoms with E-state index in [0.717, 1.165) is 33.7 Å². The molecule has 3 heterocycles. The Labute approximate surface area is 229 Å². The van der Waals surface area contributed by atoms with Gasteiger partial charge in [-0.05, 0) is 74.2 Å². The van der Waals surface area contributed by atoms with Crippen LogP contribution in [0.4, 0.5) is 4.79 Å². The standard InChI is InChI=1S/C29H35ClN6O2/c1-28(2,3)38-27(37)36-13-11-35(12-14-36)26-21-9-8-20(30)16-22(21)23(15-19-7-6-10-33-25(19)26)29(4,31)24-17-32-18-34(24)5/h6-10,15-18,26H,11-14,31H2,1-5H3/t26-,29?/m0/s1. The number of hydrogen-bond donors (Lipinski definition) is 1. The number of fused-ring (bicyclic) bond motifs is 2. The second-order valence-electron chi connectivity index (χ2n) is 11.3. The summed E-state index contributed by atoms with van der Waals surface area (Å²) in [5, 5.41) is 0.642. The Morgan fingerprint density at radius 3 is 2.53 bits per heavy atom. The summed E-state index contributed by atoms with van der Waals surface area (Å²) in [6.45, 7) is 10.2. The zero-order chi connectivity index (χ0) is 27.2. The van der Waals surface area contributed by atoms with Crippen LogP contribution in [0, 0.1) is 0 Å². The van der Waals surface area contributed by atoms with E-state index in [-0.39, 0.29) is 12.1 Å². The average Bonchev–Trinajstić information content (AvgIpc) is 3.24. The van der Waals surface area contributed by atoms with Crippen molar-refractivity contribution >= 4 is 29.3 Å². The van der Waals surface area contributed by atoms with Crippen LogP contribution in [0.1, 0.15) is 61.8 Å². The largest absolute Gasteiger partial charge is 0.444 e. The quantitative estimate of drug-likeness (QED) is 0.517. The second kappa shape index (κ2) is 9.84. The van der Waals surface area contributed by atoms with E-state index in [0.29, 0.717) is 31.2 Å². The van der Waals surface area contributed by atoms with E-state index in [1.807, 2.05) is 69.9 Å². The molecular formula is C29H35ClN6O2. The lowest BCUT2D eigenvalue weighted by Gasteiger charge is -2.40. The lowest BCUT2D eigenvalue weighted by Crippen LogP contribution is -2.51. The molecule has 1 aliphatic heterocycles. The minimum Gasteiger partial charge on any atom is -0.444 e. The molecule has 1 unspecified atom stereocenters. The molecule has 1 aromatic carbocycles. The number of nitrogens with two attached hydrogens (primary N) is 1. The van der Waals surface area contributed by atoms with E-state index in [1.165, 1.54) is 0 Å². The number of pyridine rings is 1. The molecule has 2 aromatic heterocycles. The third-order valence-corrected chi connectivity index (χ3v) is 7.50. The van der Waals surface area contributed by atoms with Crippen LogP contribution in [0.5, 0.6) is 0 Å². The van der Waals surface area contributed by atoms with Crippen molar-refractivity contribution in [2.45, 2.75) is 44.9 Å². The van der Waals surface area contributed by atoms with Crippen molar-refractivity contribution in [3.05, 3.63) is 82.2 Å². The van der Waals surface area contributed by atoms with Crippen molar-refractivity contribution in [2.24, 2.45) is 12.8 Å². The molecule has 1 fully saturated rings. The zero-order valence-electron chi connectivity index (χ0n) is 22.6. The van der Waals surface area contributed by atoms with Crippen molar-refractivity contribution in [1.82, 2.24) is 24.3 Å². The number of aryl methyl sites for hydroxylation is 1. The van der Waals surface area contributed by atoms with Gasteiger partial charge in [-0.25, -0.2) is 9.78 Å². The summed E-state index contributed by atoms with van der Waals surface area (Å²) < 4.78 is 7.56. The van der Waals surface area contributed by atoms with Crippen LogP contribution in [0.3, 0.4) is 0 Å². The highest BCUT2D eigenvalue weighted by Crippen LogP contribution is 2.45. The Balaban J connectivity index is 1.57. The van der Waals surface area contributed by atoms with Gasteiger partial charge in [0.15, 0.2) is 0 Å². The van der Waals surface area contributed by atoms with E-state index < -0.39 is 11.1 Å². The second-order valence-corrected chi connectivity index (χ2v) is 11.7. The van der Waals surface area contributed by atoms with Gasteiger partial charge in [0.05, 0.1) is 35.5 Å². The molecule has 8 nitrogen and oxygen atoms in total. The van der Waals surface area contributed by atoms with E-state index in [2.05, 4.69) is 28.1 Å². The summed E-state index contributed by atoms with van der Waals surface area (Å²) >= 11 is 6.58. The van der Waals surface area contributed by atoms with Gasteiger partial charge in [0.2, 0.25) is 0 Å². The van der Waals surface area contributed by atoms with Gasteiger partial charge in [0.25, 0.3) is 0 Å². The maximum atomic E-state index is 12.7. The third kappa shape index (κ3) is 4.96. The number of carbonyl (C=O) groups is 1. The summed E-state index contributed by atoms with van der Waals surface area (Å²) in [5.41, 5.74) is 11.6. The molecule has 3 aromatic rings. The van der Waals surface area contributed by atoms with Crippen LogP contribution in [0.15, 0.2) is 49.1 Å². The Hall–Kier alpha value is -3.20. The van der Waals surface area contributed by atoms with Crippen molar-refractivity contribution < 1.29 is 9.53 Å². The maximum absolute atomic E-state index is 12.7. The lowest BCUT2D eigenvalue weighted by atomic mass is 9.82. The lowest BCUT2D eigenvalue weighted by molar-refractivity contribution is 0.0118. The molecule has 200 valence electrons. The highest BCUT2D eigenvalue weighted by Gasteiger charge is 2.38. The van der Waals surface area contributed by atoms with E-state index in [9.17, 15) is 4.79 Å². The monoisotopic (exact) mass is 534 g/mol. The van der Waals surface area contributed by atoms with Gasteiger partial charge in [-0.3, -0.25) is 9.88 Å². The van der Waals surface area contributed by atoms with Crippen LogP contribution in [-0.4, -0.2) is 62.2 Å². The fraction of sp³-hybridized carbons (Fsp3) is 0.414. The predicted molar refractivity (Wildman–Crippen MR) is 150 cm³/mol. The van der Waals surface area contributed by atoms with Gasteiger partial charge in [0, 0.05) is 44.4 Å². The molecule has 0 spiro atoms. The molecule has 38 heavy (non-hydrogen) atoms. The molecule has 2 atom stereocenters. The van der Waals surface area contributed by atoms with Gasteiger partial charge in [0.1, 0.15) is 5.60 Å². The first kappa shape index (κ1) is 26.4. The molecule has 9 heteroatoms. The Morgan fingerprint density at radius 1 is 1.13 bits per heavy atom. The molecule has 0 radical (unpaired) electrons. The number of amides is 1. The summed E-state index contributed by atoms with van der Waals surface area (Å²) in [4.78, 5) is 26.1. The summed E-state index contributed by atoms with van der Waals surface area (Å²) in [6, 6.07) is 9.91. The normalized spacial score (nSPS) is 19.6. The number of hydrogen-bond acceptors (Lipinski definition) is 6. The molecule has 1 aliphatic carbocycles. The number of benzene rings is 1. The molecule has 0 saturated carbocycles. The minimum atomic E-state index is -0.845. The minimum absolute atomic E-state index is 0.129. The van der Waals surface area contributed by atoms with Gasteiger partial charge < -0.3 is 19.9 Å². The van der Waals surface area contributed by atoms with E-state index >= 15 is 0 Å². The molecule has 5 rings (SSSR count). The molecule has 2 N–H and O–H groups in total. The van der Waals surface area contributed by atoms with Gasteiger partial charge in [-0.15, -0.1) is 0 Å². The van der Waals surface area contributed by atoms with Gasteiger partial charge in [-0.1, -0.05) is 23.7 Å². The Kier molecular flexibility index (Phi) is 6.84. The SMILES string of the molecule is Cn1cncc1C(C)(N)C1=Cc2cccnc2[C@@H](N2CCN(C(=O)OC(C)(C)C)CC2)c2ccc(Cl)cc21. The number of aromatic nitrogens is 3. The van der Waals surface area contributed by atoms with Crippen LogP contribution in [0.25, 0.3) is 11.6 Å². The molecule has 0 bridgehead atoms. The molecule has 1 saturated heterocycles. The number of ether oxygens (including phenoxy) is 1. The highest BCUT2D eigenvalue weighted by molar-refractivity contribution is 6.30. The van der Waals surface area contributed by atoms with E-state index in [1.54, 1.807) is 11.2 Å². The Bertz CT molecular complexity index is 1380. The average molecular weight is 535 g/mol. The van der Waals surface area contributed by atoms with Crippen LogP contribution < -0.4 is 5.73 Å². The summed E-state index contributed by atoms with van der Waals surface area (Å²) in [5.74, 6) is 0. The third-order valence-electron chi connectivity index (χ3n) is 7.27. The number of halogens is 1. The number of piperazine rings is 1. The smallest absolute Gasteiger partial charge is 0.410 e. The first-order chi connectivity index (χ1) is 18.0. The first-order valence-corrected chi connectivity index (χ1v) is 13.3. The van der Waals surface area contributed by atoms with Crippen molar-refractivity contribution in [2.75, 3.05) is 26.2 Å². The Morgan fingerprint density at radius 2 is 1.87 bits per heavy atom. The van der Waals surface area contributed by atoms with Crippen molar-refractivity contribution in [3.63, 3.8) is 0 Å². The van der Waals surface area contributed by atoms with E-state index in [4.69, 9.17) is 27.1 Å². The van der Waals surface area contributed by atoms with Crippen molar-refractivity contribution in [3.8, 4) is 0 Å². The van der Waals surface area contributed by atoms with Crippen LogP contribution in [-0.2, 0) is 17.3 Å². The van der Waals surface area contributed by atoms with Crippen molar-refractivity contribution in [1.29, 1.82) is 0 Å². The number of imidazole rings is 1. The number of rotatable bonds is 3. The molecular weight excluding hydrogens is 500 g/mol. The fourth-order valence-corrected chi connectivity index (χ4v) is 5.62. The summed E-state index contributed by atoms with van der Waals surface area (Å²) in [6.07, 6.45) is 7.27. The molecule has 2 aliphatic rings. The first-order valence-electron chi connectivity index (χ1n) is 12.9. The fourth-order valence-electron chi connectivity index (χ4n) is 5.45. The van der Waals surface area contributed by atoms with Gasteiger partial charge in [-0.2, -0.15) is 0 Å². The zero-order valence-corrected chi connectivity index (χ0v) is 23.4. The topological polar surface area (TPSA) is 89.5 Å². The molecule has 1 amide bonds.